The lowest BCUT2D eigenvalue weighted by Crippen LogP contribution is -2.34. The van der Waals surface area contributed by atoms with Gasteiger partial charge in [0.05, 0.1) is 23.3 Å². The molecule has 5 heteroatoms. The van der Waals surface area contributed by atoms with Crippen LogP contribution in [0.2, 0.25) is 0 Å². The molecular weight excluding hydrogens is 372 g/mol. The molecule has 4 nitrogen and oxygen atoms in total. The van der Waals surface area contributed by atoms with Gasteiger partial charge in [0.2, 0.25) is 9.84 Å². The Morgan fingerprint density at radius 1 is 0.929 bits per heavy atom. The smallest absolute Gasteiger partial charge is 0.309 e. The number of rotatable bonds is 4. The highest BCUT2D eigenvalue weighted by molar-refractivity contribution is 7.91. The fourth-order valence-electron chi connectivity index (χ4n) is 3.93. The standard InChI is InChI=1S/C23H28O4S/c1-22(2)11-12-23(3,4)20-15-18(9-10-19(20)22)28(25,26)17-8-6-7-16(13-17)14-21(24)27-5/h6-10,13,15H,11-12,14H2,1-5H3. The number of fused-ring (bicyclic) bond motifs is 1. The molecule has 0 radical (unpaired) electrons. The SMILES string of the molecule is COC(=O)Cc1cccc(S(=O)(=O)c2ccc3c(c2)C(C)(C)CCC3(C)C)c1. The summed E-state index contributed by atoms with van der Waals surface area (Å²) >= 11 is 0. The van der Waals surface area contributed by atoms with Crippen LogP contribution in [-0.4, -0.2) is 21.5 Å². The minimum Gasteiger partial charge on any atom is -0.469 e. The van der Waals surface area contributed by atoms with Crippen LogP contribution in [0.25, 0.3) is 0 Å². The fourth-order valence-corrected chi connectivity index (χ4v) is 5.29. The van der Waals surface area contributed by atoms with Gasteiger partial charge in [0.15, 0.2) is 0 Å². The summed E-state index contributed by atoms with van der Waals surface area (Å²) < 4.78 is 31.2. The molecule has 0 bridgehead atoms. The molecule has 0 saturated carbocycles. The van der Waals surface area contributed by atoms with Crippen molar-refractivity contribution in [2.45, 2.75) is 67.6 Å². The van der Waals surface area contributed by atoms with Crippen LogP contribution < -0.4 is 0 Å². The summed E-state index contributed by atoms with van der Waals surface area (Å²) in [5, 5.41) is 0. The van der Waals surface area contributed by atoms with Crippen molar-refractivity contribution in [3.05, 3.63) is 59.2 Å². The van der Waals surface area contributed by atoms with Gasteiger partial charge in [-0.3, -0.25) is 4.79 Å². The van der Waals surface area contributed by atoms with Gasteiger partial charge in [-0.2, -0.15) is 0 Å². The molecule has 0 amide bonds. The van der Waals surface area contributed by atoms with Crippen LogP contribution in [0.1, 0.15) is 57.2 Å². The van der Waals surface area contributed by atoms with E-state index in [1.54, 1.807) is 30.3 Å². The van der Waals surface area contributed by atoms with Crippen molar-refractivity contribution in [3.8, 4) is 0 Å². The van der Waals surface area contributed by atoms with Crippen molar-refractivity contribution < 1.29 is 17.9 Å². The van der Waals surface area contributed by atoms with Gasteiger partial charge in [0.1, 0.15) is 0 Å². The molecule has 0 saturated heterocycles. The summed E-state index contributed by atoms with van der Waals surface area (Å²) in [6.45, 7) is 8.78. The number of carbonyl (C=O) groups excluding carboxylic acids is 1. The summed E-state index contributed by atoms with van der Waals surface area (Å²) in [5.74, 6) is -0.396. The van der Waals surface area contributed by atoms with Crippen LogP contribution in [-0.2, 0) is 36.6 Å². The van der Waals surface area contributed by atoms with E-state index in [2.05, 4.69) is 32.4 Å². The topological polar surface area (TPSA) is 60.4 Å². The zero-order valence-corrected chi connectivity index (χ0v) is 18.0. The quantitative estimate of drug-likeness (QED) is 0.705. The second-order valence-corrected chi connectivity index (χ2v) is 10.8. The molecule has 0 aliphatic heterocycles. The number of esters is 1. The largest absolute Gasteiger partial charge is 0.469 e. The Bertz CT molecular complexity index is 1020. The highest BCUT2D eigenvalue weighted by Crippen LogP contribution is 2.46. The monoisotopic (exact) mass is 400 g/mol. The molecule has 0 fully saturated rings. The van der Waals surface area contributed by atoms with Gasteiger partial charge in [-0.25, -0.2) is 8.42 Å². The van der Waals surface area contributed by atoms with Crippen LogP contribution in [0.4, 0.5) is 0 Å². The molecule has 0 heterocycles. The van der Waals surface area contributed by atoms with E-state index < -0.39 is 15.8 Å². The Hall–Kier alpha value is -2.14. The van der Waals surface area contributed by atoms with E-state index in [1.807, 2.05) is 12.1 Å². The second kappa shape index (κ2) is 7.03. The molecule has 1 aliphatic rings. The van der Waals surface area contributed by atoms with Crippen LogP contribution >= 0.6 is 0 Å². The lowest BCUT2D eigenvalue weighted by atomic mass is 9.63. The molecule has 150 valence electrons. The number of hydrogen-bond donors (Lipinski definition) is 0. The Morgan fingerprint density at radius 2 is 1.54 bits per heavy atom. The minimum absolute atomic E-state index is 0.0353. The second-order valence-electron chi connectivity index (χ2n) is 8.88. The molecule has 0 spiro atoms. The highest BCUT2D eigenvalue weighted by Gasteiger charge is 2.37. The van der Waals surface area contributed by atoms with Crippen LogP contribution in [0.15, 0.2) is 52.3 Å². The lowest BCUT2D eigenvalue weighted by molar-refractivity contribution is -0.139. The molecular formula is C23H28O4S. The first-order valence-electron chi connectivity index (χ1n) is 9.53. The predicted octanol–water partition coefficient (Wildman–Crippen LogP) is 4.58. The van der Waals surface area contributed by atoms with Gasteiger partial charge < -0.3 is 4.74 Å². The first-order valence-corrected chi connectivity index (χ1v) is 11.0. The van der Waals surface area contributed by atoms with E-state index >= 15 is 0 Å². The molecule has 2 aromatic carbocycles. The van der Waals surface area contributed by atoms with Gasteiger partial charge in [-0.15, -0.1) is 0 Å². The van der Waals surface area contributed by atoms with Crippen molar-refractivity contribution >= 4 is 15.8 Å². The van der Waals surface area contributed by atoms with E-state index in [9.17, 15) is 13.2 Å². The number of ether oxygens (including phenoxy) is 1. The molecule has 0 N–H and O–H groups in total. The minimum atomic E-state index is -3.68. The summed E-state index contributed by atoms with van der Waals surface area (Å²) in [6, 6.07) is 12.1. The normalized spacial score (nSPS) is 17.6. The van der Waals surface area contributed by atoms with Gasteiger partial charge >= 0.3 is 5.97 Å². The van der Waals surface area contributed by atoms with Gasteiger partial charge in [0.25, 0.3) is 0 Å². The van der Waals surface area contributed by atoms with E-state index in [4.69, 9.17) is 0 Å². The number of sulfone groups is 1. The van der Waals surface area contributed by atoms with E-state index in [0.717, 1.165) is 18.4 Å². The maximum atomic E-state index is 13.3. The first-order chi connectivity index (χ1) is 13.0. The summed E-state index contributed by atoms with van der Waals surface area (Å²) in [6.07, 6.45) is 2.14. The van der Waals surface area contributed by atoms with E-state index in [0.29, 0.717) is 10.5 Å². The molecule has 0 atom stereocenters. The average molecular weight is 401 g/mol. The third-order valence-electron chi connectivity index (χ3n) is 5.92. The summed E-state index contributed by atoms with van der Waals surface area (Å²) in [7, 11) is -2.36. The Kier molecular flexibility index (Phi) is 5.17. The van der Waals surface area contributed by atoms with Crippen molar-refractivity contribution in [3.63, 3.8) is 0 Å². The van der Waals surface area contributed by atoms with Crippen molar-refractivity contribution in [1.29, 1.82) is 0 Å². The van der Waals surface area contributed by atoms with Gasteiger partial charge in [-0.1, -0.05) is 45.9 Å². The highest BCUT2D eigenvalue weighted by atomic mass is 32.2. The van der Waals surface area contributed by atoms with Crippen molar-refractivity contribution in [1.82, 2.24) is 0 Å². The molecule has 0 unspecified atom stereocenters. The predicted molar refractivity (Wildman–Crippen MR) is 109 cm³/mol. The van der Waals surface area contributed by atoms with Crippen LogP contribution in [0, 0.1) is 0 Å². The van der Waals surface area contributed by atoms with E-state index in [1.165, 1.54) is 12.7 Å². The average Bonchev–Trinajstić information content (AvgIpc) is 2.65. The van der Waals surface area contributed by atoms with Crippen LogP contribution in [0.3, 0.4) is 0 Å². The number of hydrogen-bond acceptors (Lipinski definition) is 4. The van der Waals surface area contributed by atoms with Crippen molar-refractivity contribution in [2.24, 2.45) is 0 Å². The fraction of sp³-hybridized carbons (Fsp3) is 0.435. The zero-order chi connectivity index (χ0) is 20.7. The summed E-state index contributed by atoms with van der Waals surface area (Å²) in [5.41, 5.74) is 2.92. The van der Waals surface area contributed by atoms with Gasteiger partial charge in [0, 0.05) is 0 Å². The first kappa shape index (κ1) is 20.6. The number of carbonyl (C=O) groups is 1. The molecule has 0 aromatic heterocycles. The maximum absolute atomic E-state index is 13.3. The molecule has 2 aromatic rings. The third-order valence-corrected chi connectivity index (χ3v) is 7.67. The molecule has 1 aliphatic carbocycles. The molecule has 3 rings (SSSR count). The third kappa shape index (κ3) is 3.72. The van der Waals surface area contributed by atoms with Crippen LogP contribution in [0.5, 0.6) is 0 Å². The van der Waals surface area contributed by atoms with Crippen molar-refractivity contribution in [2.75, 3.05) is 7.11 Å². The zero-order valence-electron chi connectivity index (χ0n) is 17.2. The Morgan fingerprint density at radius 3 is 2.18 bits per heavy atom. The summed E-state index contributed by atoms with van der Waals surface area (Å²) in [4.78, 5) is 12.0. The Balaban J connectivity index is 2.07. The Labute approximate surface area is 167 Å². The van der Waals surface area contributed by atoms with E-state index in [-0.39, 0.29) is 22.1 Å². The molecule has 28 heavy (non-hydrogen) atoms. The lowest BCUT2D eigenvalue weighted by Gasteiger charge is -2.42. The number of benzene rings is 2. The van der Waals surface area contributed by atoms with Gasteiger partial charge in [-0.05, 0) is 64.6 Å². The maximum Gasteiger partial charge on any atom is 0.309 e. The number of methoxy groups -OCH3 is 1.